The van der Waals surface area contributed by atoms with E-state index >= 15 is 0 Å². The van der Waals surface area contributed by atoms with E-state index < -0.39 is 0 Å². The number of fused-ring (bicyclic) bond motifs is 5. The normalized spacial score (nSPS) is 16.1. The fourth-order valence-electron chi connectivity index (χ4n) is 8.08. The largest absolute Gasteiger partial charge is 0.332 e. The van der Waals surface area contributed by atoms with Crippen LogP contribution in [0.5, 0.6) is 0 Å². The van der Waals surface area contributed by atoms with Crippen molar-refractivity contribution < 1.29 is 0 Å². The first-order valence-corrected chi connectivity index (χ1v) is 17.0. The van der Waals surface area contributed by atoms with Crippen LogP contribution >= 0.6 is 0 Å². The highest BCUT2D eigenvalue weighted by molar-refractivity contribution is 6.08. The van der Waals surface area contributed by atoms with Gasteiger partial charge in [-0.1, -0.05) is 97.1 Å². The van der Waals surface area contributed by atoms with E-state index in [1.54, 1.807) is 0 Å². The molecule has 51 heavy (non-hydrogen) atoms. The van der Waals surface area contributed by atoms with Crippen molar-refractivity contribution in [1.29, 1.82) is 15.8 Å². The third-order valence-corrected chi connectivity index (χ3v) is 10.3. The van der Waals surface area contributed by atoms with Gasteiger partial charge in [-0.3, -0.25) is 0 Å². The van der Waals surface area contributed by atoms with Gasteiger partial charge < -0.3 is 9.47 Å². The Morgan fingerprint density at radius 1 is 0.627 bits per heavy atom. The number of hydrogen-bond acceptors (Lipinski definition) is 4. The van der Waals surface area contributed by atoms with Gasteiger partial charge in [0.05, 0.1) is 35.0 Å². The third-order valence-electron chi connectivity index (χ3n) is 10.3. The quantitative estimate of drug-likeness (QED) is 0.190. The van der Waals surface area contributed by atoms with E-state index in [-0.39, 0.29) is 12.0 Å². The first-order chi connectivity index (χ1) is 25.2. The lowest BCUT2D eigenvalue weighted by atomic mass is 9.81. The lowest BCUT2D eigenvalue weighted by Crippen LogP contribution is -2.20. The predicted molar refractivity (Wildman–Crippen MR) is 203 cm³/mol. The Labute approximate surface area is 296 Å². The first kappa shape index (κ1) is 30.0. The number of hydrogen-bond donors (Lipinski definition) is 0. The molecular formula is C46H29N5. The Bertz CT molecular complexity index is 2740. The standard InChI is InChI=1S/C46H29N5/c47-27-30-19-21-44(51-43-18-6-4-16-39(43)41-24-31(28-48)20-22-45(41)51)40(23-30)38-15-3-2-14-37(38)32-10-8-13-36(26-32)50-42-17-5-1-9-33(42)25-34-11-7-12-35(29-49)46(34)50/h1-24,26,40,44H,25H2. The van der Waals surface area contributed by atoms with Crippen LogP contribution in [0, 0.1) is 34.0 Å². The monoisotopic (exact) mass is 651 g/mol. The second kappa shape index (κ2) is 12.1. The van der Waals surface area contributed by atoms with Crippen LogP contribution in [-0.2, 0) is 6.42 Å². The van der Waals surface area contributed by atoms with E-state index in [1.807, 2.05) is 42.5 Å². The summed E-state index contributed by atoms with van der Waals surface area (Å²) in [6.45, 7) is 0. The number of nitriles is 3. The Hall–Kier alpha value is -7.13. The zero-order chi connectivity index (χ0) is 34.5. The van der Waals surface area contributed by atoms with Gasteiger partial charge in [-0.05, 0) is 82.4 Å². The maximum atomic E-state index is 10.2. The SMILES string of the molecule is N#CC1=CC(c2ccccc2-c2cccc(N3c4ccccc4Cc4cccc(C#N)c43)c2)C(n2c3ccccc3c3cc(C#N)ccc32)C=C1. The minimum atomic E-state index is -0.166. The zero-order valence-corrected chi connectivity index (χ0v) is 27.5. The van der Waals surface area contributed by atoms with Gasteiger partial charge in [-0.2, -0.15) is 15.8 Å². The number of rotatable bonds is 4. The second-order valence-corrected chi connectivity index (χ2v) is 13.0. The molecule has 9 rings (SSSR count). The topological polar surface area (TPSA) is 79.5 Å². The molecule has 5 nitrogen and oxygen atoms in total. The number of anilines is 3. The molecule has 0 amide bonds. The molecule has 0 N–H and O–H groups in total. The van der Waals surface area contributed by atoms with Gasteiger partial charge >= 0.3 is 0 Å². The summed E-state index contributed by atoms with van der Waals surface area (Å²) in [5, 5.41) is 32.1. The first-order valence-electron chi connectivity index (χ1n) is 17.0. The highest BCUT2D eigenvalue weighted by Crippen LogP contribution is 2.48. The van der Waals surface area contributed by atoms with Crippen molar-refractivity contribution in [2.75, 3.05) is 4.90 Å². The Morgan fingerprint density at radius 3 is 2.29 bits per heavy atom. The molecule has 0 saturated carbocycles. The van der Waals surface area contributed by atoms with Gasteiger partial charge in [0.15, 0.2) is 0 Å². The molecule has 2 atom stereocenters. The molecule has 0 fully saturated rings. The van der Waals surface area contributed by atoms with Gasteiger partial charge in [0, 0.05) is 51.1 Å². The Kier molecular flexibility index (Phi) is 7.10. The molecule has 2 unspecified atom stereocenters. The zero-order valence-electron chi connectivity index (χ0n) is 27.5. The number of nitrogens with zero attached hydrogens (tertiary/aromatic N) is 5. The summed E-state index contributed by atoms with van der Waals surface area (Å²) in [5.41, 5.74) is 12.5. The minimum Gasteiger partial charge on any atom is -0.332 e. The average Bonchev–Trinajstić information content (AvgIpc) is 3.52. The number of para-hydroxylation sites is 3. The number of benzene rings is 6. The Balaban J connectivity index is 1.22. The van der Waals surface area contributed by atoms with E-state index in [0.29, 0.717) is 16.7 Å². The minimum absolute atomic E-state index is 0.138. The van der Waals surface area contributed by atoms with Crippen LogP contribution in [-0.4, -0.2) is 4.57 Å². The predicted octanol–water partition coefficient (Wildman–Crippen LogP) is 10.9. The molecule has 6 aromatic carbocycles. The van der Waals surface area contributed by atoms with Crippen molar-refractivity contribution >= 4 is 38.9 Å². The van der Waals surface area contributed by atoms with Crippen molar-refractivity contribution in [3.8, 4) is 29.3 Å². The van der Waals surface area contributed by atoms with Crippen LogP contribution in [0.15, 0.2) is 157 Å². The maximum absolute atomic E-state index is 10.2. The van der Waals surface area contributed by atoms with Crippen LogP contribution in [0.3, 0.4) is 0 Å². The van der Waals surface area contributed by atoms with Crippen LogP contribution in [0.4, 0.5) is 17.1 Å². The van der Waals surface area contributed by atoms with Crippen LogP contribution in [0.25, 0.3) is 32.9 Å². The van der Waals surface area contributed by atoms with E-state index in [9.17, 15) is 15.8 Å². The van der Waals surface area contributed by atoms with Crippen LogP contribution in [0.1, 0.15) is 39.8 Å². The van der Waals surface area contributed by atoms with Crippen molar-refractivity contribution in [1.82, 2.24) is 4.57 Å². The van der Waals surface area contributed by atoms with E-state index in [0.717, 1.165) is 67.5 Å². The fourth-order valence-corrected chi connectivity index (χ4v) is 8.08. The lowest BCUT2D eigenvalue weighted by Gasteiger charge is -2.34. The molecule has 0 radical (unpaired) electrons. The van der Waals surface area contributed by atoms with Crippen LogP contribution < -0.4 is 4.90 Å². The summed E-state index contributed by atoms with van der Waals surface area (Å²) in [6, 6.07) is 52.6. The molecular weight excluding hydrogens is 623 g/mol. The summed E-state index contributed by atoms with van der Waals surface area (Å²) in [6.07, 6.45) is 6.93. The maximum Gasteiger partial charge on any atom is 0.101 e. The highest BCUT2D eigenvalue weighted by atomic mass is 15.2. The molecule has 5 heteroatoms. The van der Waals surface area contributed by atoms with Gasteiger partial charge in [-0.15, -0.1) is 0 Å². The summed E-state index contributed by atoms with van der Waals surface area (Å²) in [5.74, 6) is -0.166. The van der Waals surface area contributed by atoms with Crippen molar-refractivity contribution in [2.24, 2.45) is 0 Å². The molecule has 0 spiro atoms. The molecule has 7 aromatic rings. The molecule has 1 aromatic heterocycles. The highest BCUT2D eigenvalue weighted by Gasteiger charge is 2.30. The third kappa shape index (κ3) is 4.82. The van der Waals surface area contributed by atoms with Crippen molar-refractivity contribution in [3.05, 3.63) is 185 Å². The van der Waals surface area contributed by atoms with Crippen molar-refractivity contribution in [3.63, 3.8) is 0 Å². The van der Waals surface area contributed by atoms with Gasteiger partial charge in [-0.25, -0.2) is 0 Å². The fraction of sp³-hybridized carbons (Fsp3) is 0.0652. The average molecular weight is 652 g/mol. The van der Waals surface area contributed by atoms with E-state index in [2.05, 4.69) is 137 Å². The summed E-state index contributed by atoms with van der Waals surface area (Å²) >= 11 is 0. The molecule has 238 valence electrons. The number of allylic oxidation sites excluding steroid dienone is 4. The molecule has 1 aliphatic carbocycles. The van der Waals surface area contributed by atoms with Gasteiger partial charge in [0.1, 0.15) is 6.07 Å². The summed E-state index contributed by atoms with van der Waals surface area (Å²) < 4.78 is 2.36. The molecule has 2 heterocycles. The molecule has 0 bridgehead atoms. The van der Waals surface area contributed by atoms with E-state index in [1.165, 1.54) is 5.56 Å². The number of aromatic nitrogens is 1. The summed E-state index contributed by atoms with van der Waals surface area (Å²) in [7, 11) is 0. The van der Waals surface area contributed by atoms with Crippen molar-refractivity contribution in [2.45, 2.75) is 18.4 Å². The second-order valence-electron chi connectivity index (χ2n) is 13.0. The molecule has 0 saturated heterocycles. The Morgan fingerprint density at radius 2 is 1.41 bits per heavy atom. The smallest absolute Gasteiger partial charge is 0.101 e. The van der Waals surface area contributed by atoms with E-state index in [4.69, 9.17) is 0 Å². The van der Waals surface area contributed by atoms with Crippen LogP contribution in [0.2, 0.25) is 0 Å². The van der Waals surface area contributed by atoms with Gasteiger partial charge in [0.25, 0.3) is 0 Å². The van der Waals surface area contributed by atoms with Gasteiger partial charge in [0.2, 0.25) is 0 Å². The molecule has 1 aliphatic heterocycles. The molecule has 2 aliphatic rings. The lowest BCUT2D eigenvalue weighted by molar-refractivity contribution is 0.575. The summed E-state index contributed by atoms with van der Waals surface area (Å²) in [4.78, 5) is 2.23.